The lowest BCUT2D eigenvalue weighted by Crippen LogP contribution is -2.48. The minimum atomic E-state index is -1.68. The van der Waals surface area contributed by atoms with Crippen molar-refractivity contribution < 1.29 is 0 Å². The molecule has 0 heterocycles. The molecular weight excluding hydrogens is 368 g/mol. The molecule has 0 spiro atoms. The Labute approximate surface area is 175 Å². The fourth-order valence-electron chi connectivity index (χ4n) is 3.82. The van der Waals surface area contributed by atoms with Crippen LogP contribution in [0.1, 0.15) is 6.92 Å². The van der Waals surface area contributed by atoms with Gasteiger partial charge in [-0.2, -0.15) is 0 Å². The van der Waals surface area contributed by atoms with Gasteiger partial charge in [-0.3, -0.25) is 0 Å². The molecule has 0 bridgehead atoms. The van der Waals surface area contributed by atoms with Gasteiger partial charge in [0.25, 0.3) is 9.12 Å². The van der Waals surface area contributed by atoms with Crippen LogP contribution in [0.15, 0.2) is 121 Å². The number of hydrogen-bond acceptors (Lipinski definition) is 2. The van der Waals surface area contributed by atoms with Gasteiger partial charge >= 0.3 is 0 Å². The predicted octanol–water partition coefficient (Wildman–Crippen LogP) is 6.90. The summed E-state index contributed by atoms with van der Waals surface area (Å²) in [7, 11) is -1.68. The van der Waals surface area contributed by atoms with Crippen molar-refractivity contribution in [3.05, 3.63) is 121 Å². The van der Waals surface area contributed by atoms with Crippen molar-refractivity contribution in [1.29, 1.82) is 0 Å². The zero-order chi connectivity index (χ0) is 19.9. The summed E-state index contributed by atoms with van der Waals surface area (Å²) in [6.45, 7) is 2.31. The monoisotopic (exact) mass is 394 g/mol. The molecule has 0 aliphatic rings. The molecule has 0 saturated carbocycles. The van der Waals surface area contributed by atoms with Crippen LogP contribution in [-0.2, 0) is 0 Å². The molecule has 0 amide bonds. The van der Waals surface area contributed by atoms with Crippen LogP contribution < -0.4 is 9.13 Å². The van der Waals surface area contributed by atoms with Crippen LogP contribution in [0.2, 0.25) is 6.04 Å². The normalized spacial score (nSPS) is 10.7. The number of nitrogens with zero attached hydrogens (tertiary/aromatic N) is 2. The summed E-state index contributed by atoms with van der Waals surface area (Å²) in [5.41, 5.74) is 4.98. The Morgan fingerprint density at radius 3 is 0.897 bits per heavy atom. The van der Waals surface area contributed by atoms with Gasteiger partial charge in [0.1, 0.15) is 0 Å². The van der Waals surface area contributed by atoms with Crippen LogP contribution in [-0.4, -0.2) is 9.12 Å². The Balaban J connectivity index is 1.88. The SMILES string of the molecule is CC[SiH](N(c1ccccc1)c1ccccc1)N(c1ccccc1)c1ccccc1. The molecule has 0 fully saturated rings. The van der Waals surface area contributed by atoms with Crippen molar-refractivity contribution >= 4 is 31.9 Å². The molecule has 0 aromatic heterocycles. The predicted molar refractivity (Wildman–Crippen MR) is 128 cm³/mol. The third-order valence-electron chi connectivity index (χ3n) is 5.10. The average molecular weight is 395 g/mol. The van der Waals surface area contributed by atoms with Gasteiger partial charge < -0.3 is 9.13 Å². The maximum absolute atomic E-state index is 2.57. The van der Waals surface area contributed by atoms with Crippen LogP contribution in [0.5, 0.6) is 0 Å². The minimum Gasteiger partial charge on any atom is -0.353 e. The molecule has 4 aromatic carbocycles. The van der Waals surface area contributed by atoms with E-state index in [4.69, 9.17) is 0 Å². The summed E-state index contributed by atoms with van der Waals surface area (Å²) in [6.07, 6.45) is 0. The van der Waals surface area contributed by atoms with E-state index >= 15 is 0 Å². The molecule has 0 unspecified atom stereocenters. The molecule has 0 N–H and O–H groups in total. The number of anilines is 4. The molecule has 29 heavy (non-hydrogen) atoms. The lowest BCUT2D eigenvalue weighted by molar-refractivity contribution is 1.21. The summed E-state index contributed by atoms with van der Waals surface area (Å²) in [5, 5.41) is 0. The molecule has 4 aromatic rings. The highest BCUT2D eigenvalue weighted by Gasteiger charge is 2.29. The highest BCUT2D eigenvalue weighted by atomic mass is 28.3. The lowest BCUT2D eigenvalue weighted by Gasteiger charge is -2.41. The van der Waals surface area contributed by atoms with E-state index in [-0.39, 0.29) is 0 Å². The molecule has 0 saturated heterocycles. The second kappa shape index (κ2) is 9.26. The van der Waals surface area contributed by atoms with Gasteiger partial charge in [0.15, 0.2) is 0 Å². The number of benzene rings is 4. The molecule has 0 aliphatic carbocycles. The van der Waals surface area contributed by atoms with Gasteiger partial charge in [-0.25, -0.2) is 0 Å². The fraction of sp³-hybridized carbons (Fsp3) is 0.0769. The number of rotatable bonds is 7. The Kier molecular flexibility index (Phi) is 6.08. The van der Waals surface area contributed by atoms with Crippen molar-refractivity contribution in [1.82, 2.24) is 0 Å². The number of hydrogen-bond donors (Lipinski definition) is 0. The van der Waals surface area contributed by atoms with Gasteiger partial charge in [0, 0.05) is 22.7 Å². The van der Waals surface area contributed by atoms with Crippen molar-refractivity contribution in [2.24, 2.45) is 0 Å². The van der Waals surface area contributed by atoms with Crippen LogP contribution >= 0.6 is 0 Å². The first kappa shape index (κ1) is 19.0. The Hall–Kier alpha value is -3.30. The number of para-hydroxylation sites is 4. The first-order valence-corrected chi connectivity index (χ1v) is 12.0. The first-order valence-electron chi connectivity index (χ1n) is 10.2. The van der Waals surface area contributed by atoms with E-state index in [0.717, 1.165) is 6.04 Å². The molecule has 0 radical (unpaired) electrons. The van der Waals surface area contributed by atoms with Gasteiger partial charge in [0.2, 0.25) is 0 Å². The zero-order valence-electron chi connectivity index (χ0n) is 16.7. The largest absolute Gasteiger partial charge is 0.353 e. The van der Waals surface area contributed by atoms with E-state index in [2.05, 4.69) is 137 Å². The average Bonchev–Trinajstić information content (AvgIpc) is 2.81. The van der Waals surface area contributed by atoms with Crippen LogP contribution in [0.25, 0.3) is 0 Å². The molecule has 0 aliphatic heterocycles. The standard InChI is InChI=1S/C26H26N2Si/c1-2-29(27(23-15-7-3-8-16-23)24-17-9-4-10-18-24)28(25-19-11-5-12-20-25)26-21-13-6-14-22-26/h3-22,29H,2H2,1H3. The third-order valence-corrected chi connectivity index (χ3v) is 8.21. The van der Waals surface area contributed by atoms with Crippen LogP contribution in [0.4, 0.5) is 22.7 Å². The molecule has 3 heteroatoms. The topological polar surface area (TPSA) is 6.48 Å². The molecule has 4 rings (SSSR count). The van der Waals surface area contributed by atoms with E-state index < -0.39 is 9.12 Å². The van der Waals surface area contributed by atoms with Gasteiger partial charge in [-0.15, -0.1) is 0 Å². The Bertz CT molecular complexity index is 830. The van der Waals surface area contributed by atoms with Crippen LogP contribution in [0, 0.1) is 0 Å². The summed E-state index contributed by atoms with van der Waals surface area (Å²) in [4.78, 5) is 0. The smallest absolute Gasteiger partial charge is 0.256 e. The molecular formula is C26H26N2Si. The summed E-state index contributed by atoms with van der Waals surface area (Å²) >= 11 is 0. The fourth-order valence-corrected chi connectivity index (χ4v) is 6.85. The quantitative estimate of drug-likeness (QED) is 0.314. The molecule has 2 nitrogen and oxygen atoms in total. The van der Waals surface area contributed by atoms with Gasteiger partial charge in [-0.1, -0.05) is 79.7 Å². The van der Waals surface area contributed by atoms with Crippen LogP contribution in [0.3, 0.4) is 0 Å². The van der Waals surface area contributed by atoms with E-state index in [1.807, 2.05) is 0 Å². The minimum absolute atomic E-state index is 1.09. The van der Waals surface area contributed by atoms with Crippen molar-refractivity contribution in [2.75, 3.05) is 9.13 Å². The second-order valence-corrected chi connectivity index (χ2v) is 9.78. The van der Waals surface area contributed by atoms with Crippen molar-refractivity contribution in [2.45, 2.75) is 13.0 Å². The molecule has 0 atom stereocenters. The highest BCUT2D eigenvalue weighted by molar-refractivity contribution is 6.70. The highest BCUT2D eigenvalue weighted by Crippen LogP contribution is 2.34. The van der Waals surface area contributed by atoms with E-state index in [1.165, 1.54) is 22.7 Å². The summed E-state index contributed by atoms with van der Waals surface area (Å²) < 4.78 is 5.14. The third kappa shape index (κ3) is 4.25. The Morgan fingerprint density at radius 2 is 0.690 bits per heavy atom. The van der Waals surface area contributed by atoms with Gasteiger partial charge in [-0.05, 0) is 54.6 Å². The summed E-state index contributed by atoms with van der Waals surface area (Å²) in [6, 6.07) is 44.2. The van der Waals surface area contributed by atoms with Crippen molar-refractivity contribution in [3.63, 3.8) is 0 Å². The summed E-state index contributed by atoms with van der Waals surface area (Å²) in [5.74, 6) is 0. The Morgan fingerprint density at radius 1 is 0.448 bits per heavy atom. The maximum atomic E-state index is 2.57. The van der Waals surface area contributed by atoms with E-state index in [1.54, 1.807) is 0 Å². The first-order chi connectivity index (χ1) is 14.4. The maximum Gasteiger partial charge on any atom is 0.256 e. The lowest BCUT2D eigenvalue weighted by atomic mass is 10.2. The van der Waals surface area contributed by atoms with Gasteiger partial charge in [0.05, 0.1) is 0 Å². The second-order valence-electron chi connectivity index (χ2n) is 6.97. The van der Waals surface area contributed by atoms with Crippen molar-refractivity contribution in [3.8, 4) is 0 Å². The van der Waals surface area contributed by atoms with E-state index in [9.17, 15) is 0 Å². The molecule has 144 valence electrons. The van der Waals surface area contributed by atoms with E-state index in [0.29, 0.717) is 0 Å². The zero-order valence-corrected chi connectivity index (χ0v) is 17.9.